The summed E-state index contributed by atoms with van der Waals surface area (Å²) in [6, 6.07) is 10.4. The quantitative estimate of drug-likeness (QED) is 0.573. The minimum Gasteiger partial charge on any atom is -0.345 e. The number of aromatic amines is 1. The van der Waals surface area contributed by atoms with E-state index >= 15 is 0 Å². The monoisotopic (exact) mass is 356 g/mol. The Morgan fingerprint density at radius 1 is 1.26 bits per heavy atom. The highest BCUT2D eigenvalue weighted by Crippen LogP contribution is 2.31. The van der Waals surface area contributed by atoms with E-state index in [2.05, 4.69) is 34.1 Å². The van der Waals surface area contributed by atoms with Crippen molar-refractivity contribution in [3.05, 3.63) is 54.7 Å². The van der Waals surface area contributed by atoms with E-state index in [4.69, 9.17) is 10.2 Å². The fourth-order valence-electron chi connectivity index (χ4n) is 3.34. The van der Waals surface area contributed by atoms with Crippen LogP contribution in [0, 0.1) is 11.3 Å². The molecular formula is C21H20N6. The molecule has 27 heavy (non-hydrogen) atoms. The van der Waals surface area contributed by atoms with E-state index in [1.165, 1.54) is 0 Å². The van der Waals surface area contributed by atoms with Crippen molar-refractivity contribution in [3.8, 4) is 28.5 Å². The predicted octanol–water partition coefficient (Wildman–Crippen LogP) is 4.43. The summed E-state index contributed by atoms with van der Waals surface area (Å²) >= 11 is 0. The van der Waals surface area contributed by atoms with E-state index in [0.29, 0.717) is 6.42 Å². The molecule has 4 aromatic rings. The lowest BCUT2D eigenvalue weighted by Crippen LogP contribution is -2.00. The van der Waals surface area contributed by atoms with Crippen molar-refractivity contribution in [1.29, 1.82) is 5.26 Å². The lowest BCUT2D eigenvalue weighted by molar-refractivity contribution is 0.660. The summed E-state index contributed by atoms with van der Waals surface area (Å²) in [5.74, 6) is 0.157. The van der Waals surface area contributed by atoms with Gasteiger partial charge in [0.05, 0.1) is 18.0 Å². The van der Waals surface area contributed by atoms with Gasteiger partial charge in [-0.2, -0.15) is 10.4 Å². The van der Waals surface area contributed by atoms with Crippen LogP contribution in [0.2, 0.25) is 0 Å². The van der Waals surface area contributed by atoms with Crippen LogP contribution in [0.3, 0.4) is 0 Å². The highest BCUT2D eigenvalue weighted by Gasteiger charge is 2.14. The molecule has 4 aromatic heterocycles. The molecule has 1 atom stereocenters. The number of rotatable bonds is 5. The molecule has 134 valence electrons. The van der Waals surface area contributed by atoms with E-state index in [0.717, 1.165) is 45.5 Å². The van der Waals surface area contributed by atoms with Crippen LogP contribution in [0.1, 0.15) is 31.4 Å². The Bertz CT molecular complexity index is 1130. The van der Waals surface area contributed by atoms with E-state index < -0.39 is 0 Å². The number of pyridine rings is 2. The summed E-state index contributed by atoms with van der Waals surface area (Å²) in [4.78, 5) is 12.6. The molecule has 4 rings (SSSR count). The Morgan fingerprint density at radius 3 is 2.89 bits per heavy atom. The summed E-state index contributed by atoms with van der Waals surface area (Å²) in [6.07, 6.45) is 8.98. The maximum Gasteiger partial charge on any atom is 0.137 e. The lowest BCUT2D eigenvalue weighted by Gasteiger charge is -2.11. The van der Waals surface area contributed by atoms with Gasteiger partial charge in [-0.3, -0.25) is 9.67 Å². The van der Waals surface area contributed by atoms with Crippen LogP contribution < -0.4 is 0 Å². The smallest absolute Gasteiger partial charge is 0.137 e. The number of aryl methyl sites for hydroxylation is 1. The zero-order chi connectivity index (χ0) is 18.8. The summed E-state index contributed by atoms with van der Waals surface area (Å²) < 4.78 is 1.78. The average Bonchev–Trinajstić information content (AvgIpc) is 3.32. The number of aromatic nitrogens is 5. The molecule has 0 aliphatic rings. The highest BCUT2D eigenvalue weighted by molar-refractivity contribution is 5.94. The zero-order valence-corrected chi connectivity index (χ0v) is 15.3. The molecule has 0 radical (unpaired) electrons. The number of nitrogens with zero attached hydrogens (tertiary/aromatic N) is 5. The maximum atomic E-state index is 9.07. The molecule has 6 heteroatoms. The Balaban J connectivity index is 1.79. The van der Waals surface area contributed by atoms with E-state index in [1.807, 2.05) is 50.0 Å². The fraction of sp³-hybridized carbons (Fsp3) is 0.238. The Kier molecular flexibility index (Phi) is 4.43. The number of H-pyrrole nitrogens is 1. The fourth-order valence-corrected chi connectivity index (χ4v) is 3.34. The molecule has 0 aliphatic heterocycles. The number of fused-ring (bicyclic) bond motifs is 1. The second-order valence-electron chi connectivity index (χ2n) is 6.64. The Morgan fingerprint density at radius 2 is 2.15 bits per heavy atom. The normalized spacial score (nSPS) is 12.2. The topological polar surface area (TPSA) is 83.2 Å². The number of hydrogen-bond donors (Lipinski definition) is 1. The van der Waals surface area contributed by atoms with Crippen molar-refractivity contribution in [3.63, 3.8) is 0 Å². The highest BCUT2D eigenvalue weighted by atomic mass is 15.2. The first kappa shape index (κ1) is 17.0. The van der Waals surface area contributed by atoms with Crippen LogP contribution in [0.5, 0.6) is 0 Å². The largest absolute Gasteiger partial charge is 0.345 e. The van der Waals surface area contributed by atoms with Gasteiger partial charge in [-0.1, -0.05) is 13.0 Å². The Labute approximate surface area is 157 Å². The first-order valence-electron chi connectivity index (χ1n) is 9.00. The molecule has 0 spiro atoms. The van der Waals surface area contributed by atoms with Gasteiger partial charge in [0.1, 0.15) is 5.65 Å². The summed E-state index contributed by atoms with van der Waals surface area (Å²) in [5, 5.41) is 14.3. The molecule has 1 unspecified atom stereocenters. The van der Waals surface area contributed by atoms with Crippen LogP contribution in [0.15, 0.2) is 49.1 Å². The van der Waals surface area contributed by atoms with Gasteiger partial charge in [-0.25, -0.2) is 4.98 Å². The molecule has 0 aliphatic carbocycles. The van der Waals surface area contributed by atoms with E-state index in [1.54, 1.807) is 4.68 Å². The second-order valence-corrected chi connectivity index (χ2v) is 6.64. The first-order valence-corrected chi connectivity index (χ1v) is 9.00. The third kappa shape index (κ3) is 3.20. The van der Waals surface area contributed by atoms with E-state index in [9.17, 15) is 0 Å². The summed E-state index contributed by atoms with van der Waals surface area (Å²) in [7, 11) is 1.90. The van der Waals surface area contributed by atoms with Crippen molar-refractivity contribution in [1.82, 2.24) is 24.7 Å². The minimum absolute atomic E-state index is 0.157. The predicted molar refractivity (Wildman–Crippen MR) is 105 cm³/mol. The van der Waals surface area contributed by atoms with Gasteiger partial charge < -0.3 is 4.98 Å². The van der Waals surface area contributed by atoms with E-state index in [-0.39, 0.29) is 5.92 Å². The van der Waals surface area contributed by atoms with Gasteiger partial charge in [0.15, 0.2) is 0 Å². The van der Waals surface area contributed by atoms with Gasteiger partial charge in [0, 0.05) is 65.7 Å². The van der Waals surface area contributed by atoms with Crippen molar-refractivity contribution in [2.45, 2.75) is 25.7 Å². The molecule has 4 heterocycles. The SMILES string of the molecule is CCC(CC#N)c1cccc(-c2c[nH]c3ncc(-c4cnn(C)c4)cc23)n1. The standard InChI is InChI=1S/C21H20N6/c1-3-14(7-8-22)19-5-4-6-20(26-19)18-12-24-21-17(18)9-15(10-23-21)16-11-25-27(2)13-16/h4-6,9-14H,3,7H2,1-2H3,(H,23,24). The van der Waals surface area contributed by atoms with Crippen LogP contribution in [-0.4, -0.2) is 24.7 Å². The van der Waals surface area contributed by atoms with Crippen molar-refractivity contribution in [2.24, 2.45) is 7.05 Å². The molecule has 0 saturated carbocycles. The van der Waals surface area contributed by atoms with Gasteiger partial charge in [0.25, 0.3) is 0 Å². The van der Waals surface area contributed by atoms with Crippen molar-refractivity contribution >= 4 is 11.0 Å². The van der Waals surface area contributed by atoms with Gasteiger partial charge in [0.2, 0.25) is 0 Å². The molecule has 0 saturated heterocycles. The molecule has 1 N–H and O–H groups in total. The second kappa shape index (κ2) is 7.04. The molecule has 0 bridgehead atoms. The summed E-state index contributed by atoms with van der Waals surface area (Å²) in [5.41, 5.74) is 5.73. The lowest BCUT2D eigenvalue weighted by atomic mass is 9.98. The molecule has 0 fully saturated rings. The molecular weight excluding hydrogens is 336 g/mol. The third-order valence-electron chi connectivity index (χ3n) is 4.86. The van der Waals surface area contributed by atoms with Crippen molar-refractivity contribution in [2.75, 3.05) is 0 Å². The first-order chi connectivity index (χ1) is 13.2. The average molecular weight is 356 g/mol. The number of hydrogen-bond acceptors (Lipinski definition) is 4. The van der Waals surface area contributed by atoms with Crippen LogP contribution in [0.25, 0.3) is 33.4 Å². The molecule has 0 aromatic carbocycles. The van der Waals surface area contributed by atoms with Gasteiger partial charge in [-0.15, -0.1) is 0 Å². The Hall–Kier alpha value is -3.46. The van der Waals surface area contributed by atoms with Gasteiger partial charge >= 0.3 is 0 Å². The number of nitriles is 1. The number of nitrogens with one attached hydrogen (secondary N) is 1. The molecule has 0 amide bonds. The minimum atomic E-state index is 0.157. The van der Waals surface area contributed by atoms with Crippen LogP contribution >= 0.6 is 0 Å². The zero-order valence-electron chi connectivity index (χ0n) is 15.3. The van der Waals surface area contributed by atoms with Crippen LogP contribution in [-0.2, 0) is 7.05 Å². The van der Waals surface area contributed by atoms with Gasteiger partial charge in [-0.05, 0) is 24.6 Å². The van der Waals surface area contributed by atoms with Crippen LogP contribution in [0.4, 0.5) is 0 Å². The molecule has 6 nitrogen and oxygen atoms in total. The maximum absolute atomic E-state index is 9.07. The summed E-state index contributed by atoms with van der Waals surface area (Å²) in [6.45, 7) is 2.09. The third-order valence-corrected chi connectivity index (χ3v) is 4.86. The van der Waals surface area contributed by atoms with Crippen molar-refractivity contribution < 1.29 is 0 Å².